The maximum absolute atomic E-state index is 9.27. The van der Waals surface area contributed by atoms with Crippen molar-refractivity contribution in [1.29, 1.82) is 5.26 Å². The van der Waals surface area contributed by atoms with Crippen LogP contribution in [0.4, 0.5) is 0 Å². The summed E-state index contributed by atoms with van der Waals surface area (Å²) in [5.74, 6) is 0.331. The fourth-order valence-electron chi connectivity index (χ4n) is 1.13. The van der Waals surface area contributed by atoms with E-state index in [1.807, 2.05) is 0 Å². The summed E-state index contributed by atoms with van der Waals surface area (Å²) in [7, 11) is 0. The molecule has 0 aromatic heterocycles. The zero-order valence-corrected chi connectivity index (χ0v) is 5.83. The fraction of sp³-hybridized carbons (Fsp3) is 0.625. The second kappa shape index (κ2) is 2.85. The molecule has 1 aliphatic rings. The van der Waals surface area contributed by atoms with Gasteiger partial charge in [-0.3, -0.25) is 0 Å². The van der Waals surface area contributed by atoms with E-state index in [0.717, 1.165) is 6.42 Å². The first kappa shape index (κ1) is 7.30. The molecule has 54 valence electrons. The molecule has 0 radical (unpaired) electrons. The summed E-state index contributed by atoms with van der Waals surface area (Å²) < 4.78 is 0. The minimum atomic E-state index is -0.331. The van der Waals surface area contributed by atoms with Gasteiger partial charge in [-0.05, 0) is 12.8 Å². The summed E-state index contributed by atoms with van der Waals surface area (Å²) in [5.41, 5.74) is 0. The summed E-state index contributed by atoms with van der Waals surface area (Å²) in [5, 5.41) is 17.7. The predicted octanol–water partition coefficient (Wildman–Crippen LogP) is 1.08. The van der Waals surface area contributed by atoms with Crippen LogP contribution in [0.2, 0.25) is 0 Å². The molecule has 0 saturated heterocycles. The summed E-state index contributed by atoms with van der Waals surface area (Å²) in [6, 6.07) is 2.13. The maximum Gasteiger partial charge on any atom is 0.0659 e. The third kappa shape index (κ3) is 1.37. The molecule has 1 N–H and O–H groups in total. The van der Waals surface area contributed by atoms with Crippen LogP contribution in [-0.4, -0.2) is 11.2 Å². The lowest BCUT2D eigenvalue weighted by molar-refractivity contribution is 0.151. The van der Waals surface area contributed by atoms with Crippen molar-refractivity contribution >= 4 is 0 Å². The molecule has 0 aromatic rings. The average Bonchev–Trinajstić information content (AvgIpc) is 2.66. The Morgan fingerprint density at radius 1 is 1.90 bits per heavy atom. The molecule has 2 nitrogen and oxygen atoms in total. The molecule has 0 aliphatic heterocycles. The van der Waals surface area contributed by atoms with Gasteiger partial charge in [0.05, 0.1) is 18.1 Å². The van der Waals surface area contributed by atoms with Crippen molar-refractivity contribution in [1.82, 2.24) is 0 Å². The van der Waals surface area contributed by atoms with Gasteiger partial charge in [-0.2, -0.15) is 5.26 Å². The summed E-state index contributed by atoms with van der Waals surface area (Å²) in [4.78, 5) is 0. The number of nitriles is 1. The van der Waals surface area contributed by atoms with Crippen LogP contribution in [0.15, 0.2) is 12.7 Å². The molecular weight excluding hydrogens is 126 g/mol. The summed E-state index contributed by atoms with van der Waals surface area (Å²) in [6.45, 7) is 3.52. The van der Waals surface area contributed by atoms with Crippen molar-refractivity contribution in [2.24, 2.45) is 11.8 Å². The molecule has 0 spiro atoms. The summed E-state index contributed by atoms with van der Waals surface area (Å²) >= 11 is 0. The minimum Gasteiger partial charge on any atom is -0.392 e. The highest BCUT2D eigenvalue weighted by atomic mass is 16.3. The van der Waals surface area contributed by atoms with Crippen molar-refractivity contribution in [3.05, 3.63) is 12.7 Å². The Balaban J connectivity index is 2.26. The molecular formula is C8H11NO. The Morgan fingerprint density at radius 3 is 3.00 bits per heavy atom. The van der Waals surface area contributed by atoms with Gasteiger partial charge in [0.2, 0.25) is 0 Å². The van der Waals surface area contributed by atoms with E-state index in [0.29, 0.717) is 6.42 Å². The molecule has 1 saturated carbocycles. The molecule has 1 aliphatic carbocycles. The van der Waals surface area contributed by atoms with Crippen molar-refractivity contribution < 1.29 is 5.11 Å². The smallest absolute Gasteiger partial charge is 0.0659 e. The highest BCUT2D eigenvalue weighted by molar-refractivity contribution is 5.04. The number of nitrogens with zero attached hydrogens (tertiary/aromatic N) is 1. The number of aliphatic hydroxyl groups excluding tert-OH is 1. The number of aliphatic hydroxyl groups is 1. The van der Waals surface area contributed by atoms with E-state index >= 15 is 0 Å². The van der Waals surface area contributed by atoms with Crippen LogP contribution < -0.4 is 0 Å². The van der Waals surface area contributed by atoms with E-state index in [9.17, 15) is 5.11 Å². The Labute approximate surface area is 60.8 Å². The zero-order valence-electron chi connectivity index (χ0n) is 5.83. The van der Waals surface area contributed by atoms with Crippen molar-refractivity contribution in [3.63, 3.8) is 0 Å². The van der Waals surface area contributed by atoms with Gasteiger partial charge in [0.15, 0.2) is 0 Å². The Hall–Kier alpha value is -0.810. The van der Waals surface area contributed by atoms with Crippen LogP contribution in [0, 0.1) is 23.2 Å². The first-order valence-corrected chi connectivity index (χ1v) is 3.48. The number of rotatable bonds is 3. The average molecular weight is 137 g/mol. The quantitative estimate of drug-likeness (QED) is 0.591. The topological polar surface area (TPSA) is 44.0 Å². The predicted molar refractivity (Wildman–Crippen MR) is 38.0 cm³/mol. The van der Waals surface area contributed by atoms with E-state index in [1.165, 1.54) is 0 Å². The Kier molecular flexibility index (Phi) is 2.08. The SMILES string of the molecule is C=CC[C@@H](O)[C@@H]1C[C@H]1C#N. The standard InChI is InChI=1S/C8H11NO/c1-2-3-8(10)7-4-6(7)5-9/h2,6-8,10H,1,3-4H2/t6-,7+,8+/m0/s1. The molecule has 1 fully saturated rings. The van der Waals surface area contributed by atoms with Gasteiger partial charge in [-0.15, -0.1) is 6.58 Å². The van der Waals surface area contributed by atoms with Crippen LogP contribution >= 0.6 is 0 Å². The Bertz CT molecular complexity index is 171. The largest absolute Gasteiger partial charge is 0.392 e. The van der Waals surface area contributed by atoms with Crippen LogP contribution in [0.3, 0.4) is 0 Å². The first-order chi connectivity index (χ1) is 4.79. The molecule has 0 bridgehead atoms. The van der Waals surface area contributed by atoms with Crippen molar-refractivity contribution in [2.45, 2.75) is 18.9 Å². The second-order valence-corrected chi connectivity index (χ2v) is 2.73. The third-order valence-electron chi connectivity index (χ3n) is 1.91. The van der Waals surface area contributed by atoms with Gasteiger partial charge in [0, 0.05) is 5.92 Å². The maximum atomic E-state index is 9.27. The van der Waals surface area contributed by atoms with Crippen LogP contribution in [0.25, 0.3) is 0 Å². The van der Waals surface area contributed by atoms with E-state index < -0.39 is 0 Å². The van der Waals surface area contributed by atoms with E-state index in [-0.39, 0.29) is 17.9 Å². The minimum absolute atomic E-state index is 0.106. The monoisotopic (exact) mass is 137 g/mol. The molecule has 0 amide bonds. The lowest BCUT2D eigenvalue weighted by atomic mass is 10.1. The molecule has 0 aromatic carbocycles. The highest BCUT2D eigenvalue weighted by Crippen LogP contribution is 2.41. The van der Waals surface area contributed by atoms with E-state index in [1.54, 1.807) is 6.08 Å². The molecule has 10 heavy (non-hydrogen) atoms. The fourth-order valence-corrected chi connectivity index (χ4v) is 1.13. The molecule has 1 rings (SSSR count). The lowest BCUT2D eigenvalue weighted by Crippen LogP contribution is -2.08. The van der Waals surface area contributed by atoms with Gasteiger partial charge >= 0.3 is 0 Å². The third-order valence-corrected chi connectivity index (χ3v) is 1.91. The van der Waals surface area contributed by atoms with Crippen LogP contribution in [0.1, 0.15) is 12.8 Å². The van der Waals surface area contributed by atoms with Gasteiger partial charge in [0.25, 0.3) is 0 Å². The van der Waals surface area contributed by atoms with Crippen LogP contribution in [0.5, 0.6) is 0 Å². The molecule has 0 heterocycles. The number of hydrogen-bond donors (Lipinski definition) is 1. The van der Waals surface area contributed by atoms with Gasteiger partial charge in [-0.25, -0.2) is 0 Å². The lowest BCUT2D eigenvalue weighted by Gasteiger charge is -2.03. The van der Waals surface area contributed by atoms with Crippen molar-refractivity contribution in [2.75, 3.05) is 0 Å². The highest BCUT2D eigenvalue weighted by Gasteiger charge is 2.41. The number of hydrogen-bond acceptors (Lipinski definition) is 2. The van der Waals surface area contributed by atoms with Gasteiger partial charge in [-0.1, -0.05) is 6.08 Å². The zero-order chi connectivity index (χ0) is 7.56. The van der Waals surface area contributed by atoms with Crippen molar-refractivity contribution in [3.8, 4) is 6.07 Å². The molecule has 2 heteroatoms. The van der Waals surface area contributed by atoms with Gasteiger partial charge < -0.3 is 5.11 Å². The molecule has 3 atom stereocenters. The normalized spacial score (nSPS) is 32.4. The van der Waals surface area contributed by atoms with Crippen LogP contribution in [-0.2, 0) is 0 Å². The second-order valence-electron chi connectivity index (χ2n) is 2.73. The Morgan fingerprint density at radius 2 is 2.60 bits per heavy atom. The van der Waals surface area contributed by atoms with E-state index in [4.69, 9.17) is 5.26 Å². The first-order valence-electron chi connectivity index (χ1n) is 3.48. The van der Waals surface area contributed by atoms with Gasteiger partial charge in [0.1, 0.15) is 0 Å². The molecule has 0 unspecified atom stereocenters. The summed E-state index contributed by atoms with van der Waals surface area (Å²) in [6.07, 6.45) is 2.84. The van der Waals surface area contributed by atoms with E-state index in [2.05, 4.69) is 12.6 Å².